The van der Waals surface area contributed by atoms with Gasteiger partial charge >= 0.3 is 0 Å². The van der Waals surface area contributed by atoms with E-state index in [0.717, 1.165) is 76.1 Å². The van der Waals surface area contributed by atoms with E-state index in [-0.39, 0.29) is 12.0 Å². The van der Waals surface area contributed by atoms with Crippen molar-refractivity contribution in [3.63, 3.8) is 0 Å². The number of carbonyl (C=O) groups is 1. The molecule has 0 spiro atoms. The minimum absolute atomic E-state index is 0.0793. The van der Waals surface area contributed by atoms with Crippen LogP contribution < -0.4 is 14.8 Å². The fourth-order valence-electron chi connectivity index (χ4n) is 3.99. The molecule has 1 aromatic rings. The lowest BCUT2D eigenvalue weighted by atomic mass is 10.3. The summed E-state index contributed by atoms with van der Waals surface area (Å²) < 4.78 is 11.4. The number of likely N-dealkylation sites (tertiary alicyclic amines) is 1. The first-order valence-corrected chi connectivity index (χ1v) is 11.4. The number of para-hydroxylation sites is 2. The van der Waals surface area contributed by atoms with E-state index in [0.29, 0.717) is 13.1 Å². The predicted molar refractivity (Wildman–Crippen MR) is 123 cm³/mol. The maximum absolute atomic E-state index is 12.4. The third-order valence-electron chi connectivity index (χ3n) is 5.72. The third-order valence-corrected chi connectivity index (χ3v) is 5.72. The molecule has 3 rings (SSSR count). The lowest BCUT2D eigenvalue weighted by Crippen LogP contribution is -2.54. The fraction of sp³-hybridized carbons (Fsp3) is 0.652. The average molecular weight is 432 g/mol. The van der Waals surface area contributed by atoms with Crippen molar-refractivity contribution in [3.05, 3.63) is 24.3 Å². The molecule has 1 atom stereocenters. The Balaban J connectivity index is 1.49. The summed E-state index contributed by atoms with van der Waals surface area (Å²) in [6, 6.07) is 7.66. The average Bonchev–Trinajstić information content (AvgIpc) is 3.33. The quantitative estimate of drug-likeness (QED) is 0.499. The molecule has 2 saturated heterocycles. The first-order valence-electron chi connectivity index (χ1n) is 11.4. The molecule has 2 fully saturated rings. The van der Waals surface area contributed by atoms with Crippen LogP contribution in [0.5, 0.6) is 11.5 Å². The molecule has 31 heavy (non-hydrogen) atoms. The topological polar surface area (TPSA) is 69.6 Å². The predicted octanol–water partition coefficient (Wildman–Crippen LogP) is 1.67. The molecule has 0 saturated carbocycles. The minimum Gasteiger partial charge on any atom is -0.493 e. The Morgan fingerprint density at radius 2 is 1.74 bits per heavy atom. The summed E-state index contributed by atoms with van der Waals surface area (Å²) in [6.45, 7) is 11.3. The van der Waals surface area contributed by atoms with Gasteiger partial charge in [-0.1, -0.05) is 12.1 Å². The Labute approximate surface area is 186 Å². The Morgan fingerprint density at radius 1 is 1.06 bits per heavy atom. The normalized spacial score (nSPS) is 18.7. The number of nitrogens with one attached hydrogen (secondary N) is 1. The second-order valence-electron chi connectivity index (χ2n) is 8.13. The molecular weight excluding hydrogens is 394 g/mol. The summed E-state index contributed by atoms with van der Waals surface area (Å²) in [6.07, 6.45) is 2.20. The second-order valence-corrected chi connectivity index (χ2v) is 8.13. The number of nitrogens with zero attached hydrogens (tertiary/aromatic N) is 4. The number of aliphatic imine (C=N–C) groups is 1. The number of amides is 1. The van der Waals surface area contributed by atoms with Gasteiger partial charge in [-0.2, -0.15) is 0 Å². The molecule has 0 bridgehead atoms. The van der Waals surface area contributed by atoms with E-state index in [1.54, 1.807) is 7.11 Å². The smallest absolute Gasteiger partial charge is 0.236 e. The van der Waals surface area contributed by atoms with Crippen molar-refractivity contribution in [1.82, 2.24) is 20.0 Å². The lowest BCUT2D eigenvalue weighted by molar-refractivity contribution is -0.131. The van der Waals surface area contributed by atoms with E-state index in [1.807, 2.05) is 36.1 Å². The molecular formula is C23H37N5O3. The molecule has 8 heteroatoms. The van der Waals surface area contributed by atoms with Crippen LogP contribution in [-0.4, -0.2) is 98.7 Å². The Bertz CT molecular complexity index is 728. The largest absolute Gasteiger partial charge is 0.493 e. The number of benzene rings is 1. The van der Waals surface area contributed by atoms with Gasteiger partial charge in [-0.15, -0.1) is 0 Å². The fourth-order valence-corrected chi connectivity index (χ4v) is 3.99. The van der Waals surface area contributed by atoms with Crippen LogP contribution in [0.25, 0.3) is 0 Å². The van der Waals surface area contributed by atoms with E-state index in [1.165, 1.54) is 0 Å². The maximum Gasteiger partial charge on any atom is 0.236 e. The van der Waals surface area contributed by atoms with Crippen LogP contribution in [0.4, 0.5) is 0 Å². The molecule has 2 aliphatic heterocycles. The Kier molecular flexibility index (Phi) is 8.82. The molecule has 172 valence electrons. The van der Waals surface area contributed by atoms with Crippen molar-refractivity contribution >= 4 is 11.9 Å². The summed E-state index contributed by atoms with van der Waals surface area (Å²) in [5.74, 6) is 2.64. The van der Waals surface area contributed by atoms with Gasteiger partial charge in [0.1, 0.15) is 6.10 Å². The number of ether oxygens (including phenoxy) is 2. The number of rotatable bonds is 8. The first-order chi connectivity index (χ1) is 15.1. The van der Waals surface area contributed by atoms with Crippen LogP contribution in [0.1, 0.15) is 26.7 Å². The van der Waals surface area contributed by atoms with Gasteiger partial charge in [0.2, 0.25) is 5.91 Å². The SMILES string of the molecule is CCNC(=NCC(C)Oc1ccccc1OC)N1CCN(CC(=O)N2CCCC2)CC1. The van der Waals surface area contributed by atoms with Gasteiger partial charge in [0.25, 0.3) is 0 Å². The number of piperazine rings is 1. The van der Waals surface area contributed by atoms with Crippen molar-refractivity contribution < 1.29 is 14.3 Å². The van der Waals surface area contributed by atoms with Crippen LogP contribution in [0.2, 0.25) is 0 Å². The zero-order valence-corrected chi connectivity index (χ0v) is 19.2. The standard InChI is InChI=1S/C23H37N5O3/c1-4-24-23(25-17-19(2)31-21-10-6-5-9-20(21)30-3)28-15-13-26(14-16-28)18-22(29)27-11-7-8-12-27/h5-6,9-10,19H,4,7-8,11-18H2,1-3H3,(H,24,25). The molecule has 2 heterocycles. The van der Waals surface area contributed by atoms with Crippen molar-refractivity contribution in [2.75, 3.05) is 66.0 Å². The van der Waals surface area contributed by atoms with E-state index >= 15 is 0 Å². The third kappa shape index (κ3) is 6.75. The highest BCUT2D eigenvalue weighted by atomic mass is 16.5. The summed E-state index contributed by atoms with van der Waals surface area (Å²) in [5, 5.41) is 3.40. The van der Waals surface area contributed by atoms with Gasteiger partial charge < -0.3 is 24.6 Å². The molecule has 2 aliphatic rings. The second kappa shape index (κ2) is 11.8. The van der Waals surface area contributed by atoms with Gasteiger partial charge in [-0.05, 0) is 38.8 Å². The summed E-state index contributed by atoms with van der Waals surface area (Å²) in [7, 11) is 1.65. The monoisotopic (exact) mass is 431 g/mol. The molecule has 0 aliphatic carbocycles. The van der Waals surface area contributed by atoms with E-state index < -0.39 is 0 Å². The number of guanidine groups is 1. The van der Waals surface area contributed by atoms with Gasteiger partial charge in [0.05, 0.1) is 20.2 Å². The van der Waals surface area contributed by atoms with Crippen molar-refractivity contribution in [3.8, 4) is 11.5 Å². The van der Waals surface area contributed by atoms with Gasteiger partial charge in [0, 0.05) is 45.8 Å². The van der Waals surface area contributed by atoms with Crippen molar-refractivity contribution in [2.45, 2.75) is 32.8 Å². The molecule has 1 aromatic carbocycles. The van der Waals surface area contributed by atoms with Crippen LogP contribution in [0.15, 0.2) is 29.3 Å². The summed E-state index contributed by atoms with van der Waals surface area (Å²) in [4.78, 5) is 23.8. The highest BCUT2D eigenvalue weighted by molar-refractivity contribution is 5.80. The highest BCUT2D eigenvalue weighted by Crippen LogP contribution is 2.26. The molecule has 8 nitrogen and oxygen atoms in total. The molecule has 0 radical (unpaired) electrons. The van der Waals surface area contributed by atoms with Crippen LogP contribution in [-0.2, 0) is 4.79 Å². The van der Waals surface area contributed by atoms with Crippen LogP contribution in [0.3, 0.4) is 0 Å². The maximum atomic E-state index is 12.4. The minimum atomic E-state index is -0.0793. The van der Waals surface area contributed by atoms with Crippen molar-refractivity contribution in [2.24, 2.45) is 4.99 Å². The van der Waals surface area contributed by atoms with Gasteiger partial charge in [-0.3, -0.25) is 9.69 Å². The summed E-state index contributed by atoms with van der Waals surface area (Å²) >= 11 is 0. The van der Waals surface area contributed by atoms with Gasteiger partial charge in [-0.25, -0.2) is 4.99 Å². The highest BCUT2D eigenvalue weighted by Gasteiger charge is 2.24. The number of carbonyl (C=O) groups excluding carboxylic acids is 1. The van der Waals surface area contributed by atoms with E-state index in [2.05, 4.69) is 22.0 Å². The van der Waals surface area contributed by atoms with E-state index in [4.69, 9.17) is 14.5 Å². The Morgan fingerprint density at radius 3 is 2.39 bits per heavy atom. The first kappa shape index (κ1) is 23.2. The molecule has 1 amide bonds. The summed E-state index contributed by atoms with van der Waals surface area (Å²) in [5.41, 5.74) is 0. The van der Waals surface area contributed by atoms with Crippen LogP contribution in [0, 0.1) is 0 Å². The number of hydrogen-bond donors (Lipinski definition) is 1. The lowest BCUT2D eigenvalue weighted by Gasteiger charge is -2.36. The Hall–Kier alpha value is -2.48. The zero-order chi connectivity index (χ0) is 22.1. The number of methoxy groups -OCH3 is 1. The van der Waals surface area contributed by atoms with E-state index in [9.17, 15) is 4.79 Å². The molecule has 1 N–H and O–H groups in total. The zero-order valence-electron chi connectivity index (χ0n) is 19.2. The number of hydrogen-bond acceptors (Lipinski definition) is 5. The molecule has 0 aromatic heterocycles. The van der Waals surface area contributed by atoms with Crippen LogP contribution >= 0.6 is 0 Å². The molecule has 1 unspecified atom stereocenters. The van der Waals surface area contributed by atoms with Gasteiger partial charge in [0.15, 0.2) is 17.5 Å². The van der Waals surface area contributed by atoms with Crippen molar-refractivity contribution in [1.29, 1.82) is 0 Å².